The quantitative estimate of drug-likeness (QED) is 0.556. The highest BCUT2D eigenvalue weighted by Gasteiger charge is 2.23. The summed E-state index contributed by atoms with van der Waals surface area (Å²) < 4.78 is 1.99. The molecular formula is C18H18Cl2N4. The van der Waals surface area contributed by atoms with Gasteiger partial charge in [0.05, 0.1) is 11.4 Å². The summed E-state index contributed by atoms with van der Waals surface area (Å²) in [6.45, 7) is 14.1. The number of aryl methyl sites for hydroxylation is 1. The van der Waals surface area contributed by atoms with Crippen molar-refractivity contribution in [3.05, 3.63) is 76.9 Å². The minimum Gasteiger partial charge on any atom is -0.281 e. The monoisotopic (exact) mass is 360 g/mol. The van der Waals surface area contributed by atoms with Crippen LogP contribution >= 0.6 is 23.2 Å². The maximum atomic E-state index is 6.19. The van der Waals surface area contributed by atoms with Crippen LogP contribution < -0.4 is 0 Å². The molecule has 1 aromatic carbocycles. The molecule has 1 aliphatic heterocycles. The Kier molecular flexibility index (Phi) is 5.75. The summed E-state index contributed by atoms with van der Waals surface area (Å²) in [5, 5.41) is 9.42. The van der Waals surface area contributed by atoms with Crippen LogP contribution in [-0.4, -0.2) is 20.5 Å². The average molecular weight is 361 g/mol. The van der Waals surface area contributed by atoms with Crippen LogP contribution in [0, 0.1) is 6.92 Å². The first-order valence-electron chi connectivity index (χ1n) is 7.30. The molecule has 0 aliphatic carbocycles. The molecule has 3 rings (SSSR count). The number of aliphatic imine (C=N–C) groups is 1. The topological polar surface area (TPSA) is 43.1 Å². The third-order valence-electron chi connectivity index (χ3n) is 3.56. The number of halogens is 2. The Labute approximate surface area is 151 Å². The molecule has 0 saturated heterocycles. The Balaban J connectivity index is 0.00000100. The summed E-state index contributed by atoms with van der Waals surface area (Å²) in [5.74, 6) is 1.59. The second-order valence-electron chi connectivity index (χ2n) is 4.93. The highest BCUT2D eigenvalue weighted by Crippen LogP contribution is 2.30. The fraction of sp³-hybridized carbons (Fsp3) is 0.167. The summed E-state index contributed by atoms with van der Waals surface area (Å²) in [5.41, 5.74) is 3.39. The molecule has 0 unspecified atom stereocenters. The predicted octanol–water partition coefficient (Wildman–Crippen LogP) is 5.03. The van der Waals surface area contributed by atoms with E-state index in [1.807, 2.05) is 42.7 Å². The molecule has 0 amide bonds. The van der Waals surface area contributed by atoms with Crippen molar-refractivity contribution in [1.82, 2.24) is 14.8 Å². The molecule has 24 heavy (non-hydrogen) atoms. The molecule has 0 atom stereocenters. The minimum atomic E-state index is 0.421. The van der Waals surface area contributed by atoms with Gasteiger partial charge in [-0.25, -0.2) is 0 Å². The van der Waals surface area contributed by atoms with Crippen molar-refractivity contribution in [2.75, 3.05) is 0 Å². The van der Waals surface area contributed by atoms with E-state index in [9.17, 15) is 0 Å². The van der Waals surface area contributed by atoms with Crippen molar-refractivity contribution in [2.45, 2.75) is 20.4 Å². The molecule has 6 heteroatoms. The summed E-state index contributed by atoms with van der Waals surface area (Å²) in [6.07, 6.45) is 1.90. The fourth-order valence-electron chi connectivity index (χ4n) is 2.60. The third-order valence-corrected chi connectivity index (χ3v) is 4.00. The van der Waals surface area contributed by atoms with E-state index < -0.39 is 0 Å². The molecule has 0 saturated carbocycles. The first kappa shape index (κ1) is 18.2. The third kappa shape index (κ3) is 3.21. The minimum absolute atomic E-state index is 0.421. The first-order chi connectivity index (χ1) is 11.5. The molecule has 124 valence electrons. The summed E-state index contributed by atoms with van der Waals surface area (Å²) in [4.78, 5) is 4.67. The van der Waals surface area contributed by atoms with E-state index in [2.05, 4.69) is 34.9 Å². The second kappa shape index (κ2) is 7.60. The van der Waals surface area contributed by atoms with Gasteiger partial charge in [0.15, 0.2) is 5.82 Å². The van der Waals surface area contributed by atoms with Gasteiger partial charge in [0, 0.05) is 21.2 Å². The number of aromatic nitrogens is 3. The van der Waals surface area contributed by atoms with Crippen molar-refractivity contribution < 1.29 is 0 Å². The molecule has 2 heterocycles. The van der Waals surface area contributed by atoms with Gasteiger partial charge in [0.2, 0.25) is 0 Å². The van der Waals surface area contributed by atoms with Gasteiger partial charge < -0.3 is 0 Å². The van der Waals surface area contributed by atoms with Crippen molar-refractivity contribution in [2.24, 2.45) is 4.99 Å². The van der Waals surface area contributed by atoms with Crippen LogP contribution in [0.4, 0.5) is 0 Å². The normalized spacial score (nSPS) is 13.0. The predicted molar refractivity (Wildman–Crippen MR) is 101 cm³/mol. The van der Waals surface area contributed by atoms with Gasteiger partial charge in [-0.05, 0) is 32.0 Å². The van der Waals surface area contributed by atoms with Crippen molar-refractivity contribution >= 4 is 28.9 Å². The van der Waals surface area contributed by atoms with E-state index in [1.54, 1.807) is 0 Å². The summed E-state index contributed by atoms with van der Waals surface area (Å²) in [6, 6.07) is 5.67. The summed E-state index contributed by atoms with van der Waals surface area (Å²) >= 11 is 12.3. The highest BCUT2D eigenvalue weighted by atomic mass is 35.5. The zero-order chi connectivity index (χ0) is 17.9. The van der Waals surface area contributed by atoms with Gasteiger partial charge in [-0.1, -0.05) is 35.9 Å². The van der Waals surface area contributed by atoms with E-state index >= 15 is 0 Å². The molecule has 0 N–H and O–H groups in total. The highest BCUT2D eigenvalue weighted by molar-refractivity contribution is 6.37. The average Bonchev–Trinajstić information content (AvgIpc) is 2.85. The van der Waals surface area contributed by atoms with Gasteiger partial charge in [-0.15, -0.1) is 23.4 Å². The lowest BCUT2D eigenvalue weighted by molar-refractivity contribution is 0.861. The Bertz CT molecular complexity index is 847. The van der Waals surface area contributed by atoms with Gasteiger partial charge in [0.25, 0.3) is 0 Å². The lowest BCUT2D eigenvalue weighted by atomic mass is 10.00. The molecule has 0 bridgehead atoms. The smallest absolute Gasteiger partial charge is 0.159 e. The van der Waals surface area contributed by atoms with E-state index in [1.165, 1.54) is 0 Å². The lowest BCUT2D eigenvalue weighted by Gasteiger charge is -2.14. The zero-order valence-electron chi connectivity index (χ0n) is 13.7. The molecular weight excluding hydrogens is 343 g/mol. The van der Waals surface area contributed by atoms with Gasteiger partial charge >= 0.3 is 0 Å². The van der Waals surface area contributed by atoms with Crippen LogP contribution in [0.15, 0.2) is 59.6 Å². The lowest BCUT2D eigenvalue weighted by Crippen LogP contribution is -2.09. The second-order valence-corrected chi connectivity index (χ2v) is 5.83. The SMILES string of the molecule is C=C.C=C(Cl)/C(=C\C)C1=NCc2nnc(C)n2-c2ccc(Cl)cc21. The first-order valence-corrected chi connectivity index (χ1v) is 8.05. The van der Waals surface area contributed by atoms with E-state index in [4.69, 9.17) is 23.2 Å². The zero-order valence-corrected chi connectivity index (χ0v) is 15.2. The van der Waals surface area contributed by atoms with Crippen molar-refractivity contribution in [3.8, 4) is 5.69 Å². The number of nitrogens with zero attached hydrogens (tertiary/aromatic N) is 4. The van der Waals surface area contributed by atoms with Crippen LogP contribution in [0.5, 0.6) is 0 Å². The molecule has 0 radical (unpaired) electrons. The van der Waals surface area contributed by atoms with E-state index in [0.717, 1.165) is 34.2 Å². The standard InChI is InChI=1S/C16H14Cl2N4.C2H4/c1-4-12(9(2)17)16-13-7-11(18)5-6-14(13)22-10(3)20-21-15(22)8-19-16;1-2/h4-7H,2,8H2,1,3H3;1-2H2/b12-4+;. The summed E-state index contributed by atoms with van der Waals surface area (Å²) in [7, 11) is 0. The van der Waals surface area contributed by atoms with Gasteiger partial charge in [-0.2, -0.15) is 0 Å². The Hall–Kier alpha value is -2.17. The molecule has 1 aromatic heterocycles. The van der Waals surface area contributed by atoms with Gasteiger partial charge in [-0.3, -0.25) is 9.56 Å². The number of benzene rings is 1. The Morgan fingerprint density at radius 1 is 1.29 bits per heavy atom. The van der Waals surface area contributed by atoms with E-state index in [-0.39, 0.29) is 0 Å². The fourth-order valence-corrected chi connectivity index (χ4v) is 2.97. The number of hydrogen-bond acceptors (Lipinski definition) is 3. The Morgan fingerprint density at radius 3 is 2.62 bits per heavy atom. The number of fused-ring (bicyclic) bond motifs is 3. The van der Waals surface area contributed by atoms with Crippen molar-refractivity contribution in [3.63, 3.8) is 0 Å². The molecule has 2 aromatic rings. The van der Waals surface area contributed by atoms with Crippen LogP contribution in [0.1, 0.15) is 24.1 Å². The maximum Gasteiger partial charge on any atom is 0.159 e. The number of hydrogen-bond donors (Lipinski definition) is 0. The Morgan fingerprint density at radius 2 is 2.00 bits per heavy atom. The number of allylic oxidation sites excluding steroid dienone is 3. The van der Waals surface area contributed by atoms with Crippen LogP contribution in [0.25, 0.3) is 5.69 Å². The largest absolute Gasteiger partial charge is 0.281 e. The van der Waals surface area contributed by atoms with Crippen LogP contribution in [0.2, 0.25) is 5.02 Å². The number of rotatable bonds is 2. The molecule has 0 spiro atoms. The molecule has 1 aliphatic rings. The molecule has 4 nitrogen and oxygen atoms in total. The maximum absolute atomic E-state index is 6.19. The van der Waals surface area contributed by atoms with Gasteiger partial charge in [0.1, 0.15) is 12.4 Å². The van der Waals surface area contributed by atoms with E-state index in [0.29, 0.717) is 16.6 Å². The van der Waals surface area contributed by atoms with Crippen LogP contribution in [-0.2, 0) is 6.54 Å². The van der Waals surface area contributed by atoms with Crippen LogP contribution in [0.3, 0.4) is 0 Å². The van der Waals surface area contributed by atoms with Crippen molar-refractivity contribution in [1.29, 1.82) is 0 Å². The molecule has 0 fully saturated rings.